The molecule has 0 aliphatic heterocycles. The van der Waals surface area contributed by atoms with Gasteiger partial charge in [0.1, 0.15) is 5.01 Å². The van der Waals surface area contributed by atoms with E-state index >= 15 is 0 Å². The molecule has 0 radical (unpaired) electrons. The van der Waals surface area contributed by atoms with Gasteiger partial charge in [-0.15, -0.1) is 11.3 Å². The zero-order valence-electron chi connectivity index (χ0n) is 11.7. The second kappa shape index (κ2) is 6.13. The van der Waals surface area contributed by atoms with Gasteiger partial charge in [-0.1, -0.05) is 13.8 Å². The number of methoxy groups -OCH3 is 1. The van der Waals surface area contributed by atoms with E-state index in [9.17, 15) is 0 Å². The Morgan fingerprint density at radius 3 is 2.72 bits per heavy atom. The highest BCUT2D eigenvalue weighted by Gasteiger charge is 2.34. The van der Waals surface area contributed by atoms with Crippen LogP contribution >= 0.6 is 11.3 Å². The molecule has 3 nitrogen and oxygen atoms in total. The van der Waals surface area contributed by atoms with Crippen LogP contribution in [0.3, 0.4) is 0 Å². The van der Waals surface area contributed by atoms with Gasteiger partial charge in [0.05, 0.1) is 17.8 Å². The average Bonchev–Trinajstić information content (AvgIpc) is 2.82. The molecule has 0 spiro atoms. The maximum atomic E-state index is 5.44. The molecule has 1 aliphatic rings. The van der Waals surface area contributed by atoms with Crippen LogP contribution in [0.25, 0.3) is 0 Å². The van der Waals surface area contributed by atoms with Crippen molar-refractivity contribution < 1.29 is 4.74 Å². The lowest BCUT2D eigenvalue weighted by molar-refractivity contribution is 0.105. The quantitative estimate of drug-likeness (QED) is 0.861. The number of hydrogen-bond acceptors (Lipinski definition) is 4. The molecule has 0 saturated carbocycles. The van der Waals surface area contributed by atoms with Gasteiger partial charge in [-0.05, 0) is 38.6 Å². The normalized spacial score (nSPS) is 18.4. The van der Waals surface area contributed by atoms with Gasteiger partial charge in [0.2, 0.25) is 0 Å². The van der Waals surface area contributed by atoms with Gasteiger partial charge in [0, 0.05) is 12.0 Å². The van der Waals surface area contributed by atoms with E-state index in [1.807, 2.05) is 11.3 Å². The first-order valence-electron chi connectivity index (χ1n) is 6.98. The lowest BCUT2D eigenvalue weighted by Crippen LogP contribution is -2.45. The number of likely N-dealkylation sites (N-methyl/N-ethyl adjacent to an activating group) is 1. The molecule has 0 aromatic carbocycles. The number of aromatic nitrogens is 1. The molecule has 1 aromatic heterocycles. The van der Waals surface area contributed by atoms with E-state index in [1.165, 1.54) is 34.8 Å². The number of aryl methyl sites for hydroxylation is 2. The van der Waals surface area contributed by atoms with E-state index in [0.29, 0.717) is 6.61 Å². The summed E-state index contributed by atoms with van der Waals surface area (Å²) in [5.74, 6) is 0. The summed E-state index contributed by atoms with van der Waals surface area (Å²) in [7, 11) is 1.77. The SMILES string of the molecule is CCNC(CC)(COC)c1nc2c(s1)CCCC2. The van der Waals surface area contributed by atoms with E-state index in [1.54, 1.807) is 7.11 Å². The molecule has 1 heterocycles. The standard InChI is InChI=1S/C14H24N2OS/c1-4-14(10-17-3,15-5-2)13-16-11-8-6-7-9-12(11)18-13/h15H,4-10H2,1-3H3. The Balaban J connectivity index is 2.31. The van der Waals surface area contributed by atoms with Crippen molar-refractivity contribution in [3.8, 4) is 0 Å². The predicted molar refractivity (Wildman–Crippen MR) is 76.3 cm³/mol. The fourth-order valence-electron chi connectivity index (χ4n) is 2.71. The molecule has 1 unspecified atom stereocenters. The topological polar surface area (TPSA) is 34.1 Å². The average molecular weight is 268 g/mol. The number of nitrogens with zero attached hydrogens (tertiary/aromatic N) is 1. The molecule has 2 rings (SSSR count). The third-order valence-corrected chi connectivity index (χ3v) is 5.13. The van der Waals surface area contributed by atoms with Crippen molar-refractivity contribution in [1.82, 2.24) is 10.3 Å². The van der Waals surface area contributed by atoms with Crippen LogP contribution < -0.4 is 5.32 Å². The summed E-state index contributed by atoms with van der Waals surface area (Å²) in [6.45, 7) is 6.00. The smallest absolute Gasteiger partial charge is 0.116 e. The molecule has 0 bridgehead atoms. The minimum absolute atomic E-state index is 0.0918. The number of fused-ring (bicyclic) bond motifs is 1. The van der Waals surface area contributed by atoms with Crippen molar-refractivity contribution in [1.29, 1.82) is 0 Å². The van der Waals surface area contributed by atoms with Gasteiger partial charge in [0.25, 0.3) is 0 Å². The van der Waals surface area contributed by atoms with Gasteiger partial charge >= 0.3 is 0 Å². The first kappa shape index (κ1) is 14.0. The van der Waals surface area contributed by atoms with Crippen molar-refractivity contribution >= 4 is 11.3 Å². The first-order valence-corrected chi connectivity index (χ1v) is 7.80. The van der Waals surface area contributed by atoms with Crippen molar-refractivity contribution in [2.75, 3.05) is 20.3 Å². The molecule has 1 aliphatic carbocycles. The molecular formula is C14H24N2OS. The molecule has 1 atom stereocenters. The van der Waals surface area contributed by atoms with Crippen LogP contribution in [0, 0.1) is 0 Å². The number of thiazole rings is 1. The molecule has 18 heavy (non-hydrogen) atoms. The molecular weight excluding hydrogens is 244 g/mol. The highest BCUT2D eigenvalue weighted by Crippen LogP contribution is 2.34. The summed E-state index contributed by atoms with van der Waals surface area (Å²) in [5.41, 5.74) is 1.25. The van der Waals surface area contributed by atoms with E-state index in [-0.39, 0.29) is 5.54 Å². The van der Waals surface area contributed by atoms with Crippen molar-refractivity contribution in [2.24, 2.45) is 0 Å². The zero-order valence-corrected chi connectivity index (χ0v) is 12.5. The Morgan fingerprint density at radius 2 is 2.11 bits per heavy atom. The summed E-state index contributed by atoms with van der Waals surface area (Å²) < 4.78 is 5.44. The first-order chi connectivity index (χ1) is 8.75. The van der Waals surface area contributed by atoms with Crippen LogP contribution in [-0.2, 0) is 23.1 Å². The number of rotatable bonds is 6. The Kier molecular flexibility index (Phi) is 4.76. The zero-order chi connectivity index (χ0) is 13.0. The third-order valence-electron chi connectivity index (χ3n) is 3.76. The molecule has 0 saturated heterocycles. The van der Waals surface area contributed by atoms with Crippen LogP contribution in [0.2, 0.25) is 0 Å². The minimum atomic E-state index is -0.0918. The van der Waals surface area contributed by atoms with Gasteiger partial charge in [-0.3, -0.25) is 0 Å². The van der Waals surface area contributed by atoms with Gasteiger partial charge < -0.3 is 10.1 Å². The summed E-state index contributed by atoms with van der Waals surface area (Å²) >= 11 is 1.89. The summed E-state index contributed by atoms with van der Waals surface area (Å²) in [5, 5.41) is 4.82. The lowest BCUT2D eigenvalue weighted by Gasteiger charge is -2.30. The molecule has 4 heteroatoms. The summed E-state index contributed by atoms with van der Waals surface area (Å²) in [4.78, 5) is 6.41. The van der Waals surface area contributed by atoms with Crippen molar-refractivity contribution in [3.05, 3.63) is 15.6 Å². The monoisotopic (exact) mass is 268 g/mol. The fraction of sp³-hybridized carbons (Fsp3) is 0.786. The molecule has 0 amide bonds. The molecule has 102 valence electrons. The van der Waals surface area contributed by atoms with Crippen molar-refractivity contribution in [3.63, 3.8) is 0 Å². The second-order valence-electron chi connectivity index (χ2n) is 4.99. The Bertz CT molecular complexity index is 360. The van der Waals surface area contributed by atoms with Gasteiger partial charge in [-0.25, -0.2) is 4.98 Å². The van der Waals surface area contributed by atoms with E-state index in [0.717, 1.165) is 19.4 Å². The van der Waals surface area contributed by atoms with Crippen LogP contribution in [-0.4, -0.2) is 25.2 Å². The van der Waals surface area contributed by atoms with E-state index in [4.69, 9.17) is 9.72 Å². The van der Waals surface area contributed by atoms with Gasteiger partial charge in [0.15, 0.2) is 0 Å². The number of nitrogens with one attached hydrogen (secondary N) is 1. The molecule has 0 fully saturated rings. The van der Waals surface area contributed by atoms with Crippen molar-refractivity contribution in [2.45, 2.75) is 51.5 Å². The fourth-order valence-corrected chi connectivity index (χ4v) is 4.08. The Labute approximate surface area is 114 Å². The van der Waals surface area contributed by atoms with E-state index < -0.39 is 0 Å². The number of hydrogen-bond donors (Lipinski definition) is 1. The van der Waals surface area contributed by atoms with Crippen LogP contribution in [0.5, 0.6) is 0 Å². The Hall–Kier alpha value is -0.450. The van der Waals surface area contributed by atoms with Crippen LogP contribution in [0.1, 0.15) is 48.7 Å². The van der Waals surface area contributed by atoms with Gasteiger partial charge in [-0.2, -0.15) is 0 Å². The predicted octanol–water partition coefficient (Wildman–Crippen LogP) is 2.88. The minimum Gasteiger partial charge on any atom is -0.382 e. The third kappa shape index (κ3) is 2.60. The largest absolute Gasteiger partial charge is 0.382 e. The second-order valence-corrected chi connectivity index (χ2v) is 6.08. The number of ether oxygens (including phenoxy) is 1. The molecule has 1 aromatic rings. The Morgan fingerprint density at radius 1 is 1.33 bits per heavy atom. The van der Waals surface area contributed by atoms with E-state index in [2.05, 4.69) is 19.2 Å². The summed E-state index contributed by atoms with van der Waals surface area (Å²) in [6, 6.07) is 0. The highest BCUT2D eigenvalue weighted by atomic mass is 32.1. The highest BCUT2D eigenvalue weighted by molar-refractivity contribution is 7.11. The maximum Gasteiger partial charge on any atom is 0.116 e. The van der Waals surface area contributed by atoms with Crippen LogP contribution in [0.15, 0.2) is 0 Å². The maximum absolute atomic E-state index is 5.44. The summed E-state index contributed by atoms with van der Waals surface area (Å²) in [6.07, 6.45) is 6.00. The molecule has 1 N–H and O–H groups in total. The van der Waals surface area contributed by atoms with Crippen LogP contribution in [0.4, 0.5) is 0 Å². The lowest BCUT2D eigenvalue weighted by atomic mass is 9.97.